The van der Waals surface area contributed by atoms with E-state index in [4.69, 9.17) is 16.3 Å². The van der Waals surface area contributed by atoms with Gasteiger partial charge < -0.3 is 10.1 Å². The van der Waals surface area contributed by atoms with E-state index in [0.29, 0.717) is 17.4 Å². The fourth-order valence-corrected chi connectivity index (χ4v) is 5.40. The van der Waals surface area contributed by atoms with Crippen molar-refractivity contribution in [2.24, 2.45) is 11.8 Å². The number of hydrogen-bond acceptors (Lipinski definition) is 2. The zero-order valence-electron chi connectivity index (χ0n) is 17.5. The van der Waals surface area contributed by atoms with Crippen LogP contribution in [0.15, 0.2) is 48.5 Å². The maximum Gasteiger partial charge on any atom is 0.224 e. The molecule has 0 spiro atoms. The first-order valence-corrected chi connectivity index (χ1v) is 11.2. The zero-order valence-corrected chi connectivity index (χ0v) is 18.3. The van der Waals surface area contributed by atoms with Gasteiger partial charge in [-0.2, -0.15) is 0 Å². The smallest absolute Gasteiger partial charge is 0.224 e. The van der Waals surface area contributed by atoms with Gasteiger partial charge in [-0.25, -0.2) is 4.39 Å². The molecule has 0 aromatic heterocycles. The van der Waals surface area contributed by atoms with Gasteiger partial charge in [-0.1, -0.05) is 49.2 Å². The summed E-state index contributed by atoms with van der Waals surface area (Å²) in [6.45, 7) is 4.43. The third-order valence-corrected chi connectivity index (χ3v) is 6.98. The second kappa shape index (κ2) is 8.68. The number of hydrogen-bond donors (Lipinski definition) is 1. The highest BCUT2D eigenvalue weighted by Gasteiger charge is 2.49. The van der Waals surface area contributed by atoms with E-state index in [-0.39, 0.29) is 41.8 Å². The Morgan fingerprint density at radius 1 is 1.23 bits per heavy atom. The van der Waals surface area contributed by atoms with Crippen LogP contribution in [0.5, 0.6) is 0 Å². The molecule has 1 aliphatic heterocycles. The normalized spacial score (nSPS) is 31.1. The van der Waals surface area contributed by atoms with Gasteiger partial charge >= 0.3 is 0 Å². The molecule has 0 radical (unpaired) electrons. The first-order chi connectivity index (χ1) is 14.3. The third-order valence-electron chi connectivity index (χ3n) is 6.74. The predicted molar refractivity (Wildman–Crippen MR) is 117 cm³/mol. The zero-order chi connectivity index (χ0) is 21.3. The van der Waals surface area contributed by atoms with Gasteiger partial charge in [0.15, 0.2) is 0 Å². The fraction of sp³-hybridized carbons (Fsp3) is 0.480. The van der Waals surface area contributed by atoms with Crippen LogP contribution in [-0.2, 0) is 16.0 Å². The molecule has 1 amide bonds. The molecule has 0 bridgehead atoms. The Labute approximate surface area is 183 Å². The van der Waals surface area contributed by atoms with Crippen molar-refractivity contribution in [3.05, 3.63) is 70.5 Å². The molecule has 1 aliphatic carbocycles. The molecule has 5 atom stereocenters. The van der Waals surface area contributed by atoms with Gasteiger partial charge in [0, 0.05) is 22.9 Å². The van der Waals surface area contributed by atoms with Crippen LogP contribution < -0.4 is 5.32 Å². The maximum atomic E-state index is 13.2. The van der Waals surface area contributed by atoms with Crippen LogP contribution in [0, 0.1) is 17.7 Å². The standard InChI is InChI=1S/C25H29ClFNO2/c1-16-6-11-21-22(12-16)30-23(18-4-3-5-19(26)14-18)15-25(21,2)28-24(29)13-17-7-9-20(27)10-8-17/h3-5,7-10,14,16,21-23H,6,11-13,15H2,1-2H3,(H,28,29)/t16-,21-,22-,23-,25-/m0/s1. The largest absolute Gasteiger partial charge is 0.370 e. The molecule has 30 heavy (non-hydrogen) atoms. The lowest BCUT2D eigenvalue weighted by Crippen LogP contribution is -2.60. The Bertz CT molecular complexity index is 902. The highest BCUT2D eigenvalue weighted by molar-refractivity contribution is 6.30. The Kier molecular flexibility index (Phi) is 6.17. The Morgan fingerprint density at radius 3 is 2.73 bits per heavy atom. The van der Waals surface area contributed by atoms with Crippen LogP contribution in [0.3, 0.4) is 0 Å². The lowest BCUT2D eigenvalue weighted by Gasteiger charge is -2.52. The van der Waals surface area contributed by atoms with E-state index in [1.807, 2.05) is 24.3 Å². The van der Waals surface area contributed by atoms with E-state index in [9.17, 15) is 9.18 Å². The second-order valence-corrected chi connectivity index (χ2v) is 9.65. The molecule has 2 aromatic rings. The molecule has 2 aromatic carbocycles. The van der Waals surface area contributed by atoms with E-state index in [2.05, 4.69) is 19.2 Å². The van der Waals surface area contributed by atoms with Crippen molar-refractivity contribution in [1.82, 2.24) is 5.32 Å². The molecule has 5 heteroatoms. The average Bonchev–Trinajstić information content (AvgIpc) is 2.69. The van der Waals surface area contributed by atoms with E-state index in [1.54, 1.807) is 12.1 Å². The van der Waals surface area contributed by atoms with E-state index in [0.717, 1.165) is 30.4 Å². The maximum absolute atomic E-state index is 13.2. The summed E-state index contributed by atoms with van der Waals surface area (Å²) in [5.74, 6) is 0.567. The molecular formula is C25H29ClFNO2. The number of fused-ring (bicyclic) bond motifs is 1. The SMILES string of the molecule is C[C@H]1CC[C@H]2[C@H](C1)O[C@H](c1cccc(Cl)c1)C[C@]2(C)NC(=O)Cc1ccc(F)cc1. The summed E-state index contributed by atoms with van der Waals surface area (Å²) in [4.78, 5) is 12.9. The van der Waals surface area contributed by atoms with Gasteiger partial charge in [0.05, 0.1) is 18.6 Å². The van der Waals surface area contributed by atoms with Crippen molar-refractivity contribution in [2.45, 2.75) is 63.7 Å². The van der Waals surface area contributed by atoms with Crippen LogP contribution in [0.1, 0.15) is 56.8 Å². The van der Waals surface area contributed by atoms with Gasteiger partial charge in [-0.3, -0.25) is 4.79 Å². The highest BCUT2D eigenvalue weighted by atomic mass is 35.5. The van der Waals surface area contributed by atoms with Crippen molar-refractivity contribution >= 4 is 17.5 Å². The van der Waals surface area contributed by atoms with Crippen LogP contribution in [-0.4, -0.2) is 17.6 Å². The van der Waals surface area contributed by atoms with E-state index >= 15 is 0 Å². The van der Waals surface area contributed by atoms with Crippen molar-refractivity contribution in [2.75, 3.05) is 0 Å². The van der Waals surface area contributed by atoms with Crippen molar-refractivity contribution in [3.63, 3.8) is 0 Å². The highest BCUT2D eigenvalue weighted by Crippen LogP contribution is 2.48. The molecule has 4 rings (SSSR count). The molecule has 1 N–H and O–H groups in total. The summed E-state index contributed by atoms with van der Waals surface area (Å²) in [6.07, 6.45) is 4.15. The van der Waals surface area contributed by atoms with Crippen LogP contribution in [0.4, 0.5) is 4.39 Å². The molecule has 1 heterocycles. The number of amides is 1. The molecular weight excluding hydrogens is 401 g/mol. The molecule has 3 nitrogen and oxygen atoms in total. The van der Waals surface area contributed by atoms with Gasteiger partial charge in [0.25, 0.3) is 0 Å². The summed E-state index contributed by atoms with van der Waals surface area (Å²) >= 11 is 6.23. The van der Waals surface area contributed by atoms with Crippen LogP contribution in [0.25, 0.3) is 0 Å². The lowest BCUT2D eigenvalue weighted by molar-refractivity contribution is -0.153. The average molecular weight is 430 g/mol. The number of ether oxygens (including phenoxy) is 1. The first-order valence-electron chi connectivity index (χ1n) is 10.8. The summed E-state index contributed by atoms with van der Waals surface area (Å²) < 4.78 is 19.7. The summed E-state index contributed by atoms with van der Waals surface area (Å²) in [5, 5.41) is 4.03. The quantitative estimate of drug-likeness (QED) is 0.660. The Hall–Kier alpha value is -1.91. The molecule has 160 valence electrons. The van der Waals surface area contributed by atoms with E-state index in [1.165, 1.54) is 12.1 Å². The summed E-state index contributed by atoms with van der Waals surface area (Å²) in [5.41, 5.74) is 1.50. The predicted octanol–water partition coefficient (Wildman–Crippen LogP) is 5.86. The minimum absolute atomic E-state index is 0.0341. The number of nitrogens with one attached hydrogen (secondary N) is 1. The number of halogens is 2. The summed E-state index contributed by atoms with van der Waals surface area (Å²) in [7, 11) is 0. The molecule has 1 saturated heterocycles. The van der Waals surface area contributed by atoms with Crippen molar-refractivity contribution in [3.8, 4) is 0 Å². The molecule has 2 fully saturated rings. The number of carbonyl (C=O) groups is 1. The van der Waals surface area contributed by atoms with Gasteiger partial charge in [-0.05, 0) is 61.1 Å². The fourth-order valence-electron chi connectivity index (χ4n) is 5.20. The number of carbonyl (C=O) groups excluding carboxylic acids is 1. The van der Waals surface area contributed by atoms with Crippen LogP contribution >= 0.6 is 11.6 Å². The van der Waals surface area contributed by atoms with Crippen molar-refractivity contribution in [1.29, 1.82) is 0 Å². The minimum Gasteiger partial charge on any atom is -0.370 e. The molecule has 0 unspecified atom stereocenters. The summed E-state index contributed by atoms with van der Waals surface area (Å²) in [6, 6.07) is 13.9. The molecule has 2 aliphatic rings. The lowest BCUT2D eigenvalue weighted by atomic mass is 9.66. The second-order valence-electron chi connectivity index (χ2n) is 9.22. The van der Waals surface area contributed by atoms with Gasteiger partial charge in [-0.15, -0.1) is 0 Å². The van der Waals surface area contributed by atoms with E-state index < -0.39 is 0 Å². The van der Waals surface area contributed by atoms with Crippen molar-refractivity contribution < 1.29 is 13.9 Å². The van der Waals surface area contributed by atoms with Gasteiger partial charge in [0.1, 0.15) is 5.82 Å². The van der Waals surface area contributed by atoms with Crippen LogP contribution in [0.2, 0.25) is 5.02 Å². The minimum atomic E-state index is -0.368. The van der Waals surface area contributed by atoms with Gasteiger partial charge in [0.2, 0.25) is 5.91 Å². The Balaban J connectivity index is 1.55. The first kappa shape index (κ1) is 21.3. The number of rotatable bonds is 4. The number of benzene rings is 2. The Morgan fingerprint density at radius 2 is 2.00 bits per heavy atom. The molecule has 1 saturated carbocycles. The third kappa shape index (κ3) is 4.70. The monoisotopic (exact) mass is 429 g/mol. The topological polar surface area (TPSA) is 38.3 Å².